The molecular weight excluding hydrogens is 255 g/mol. The fourth-order valence-electron chi connectivity index (χ4n) is 2.33. The van der Waals surface area contributed by atoms with E-state index >= 15 is 0 Å². The molecule has 0 spiro atoms. The highest BCUT2D eigenvalue weighted by Crippen LogP contribution is 2.11. The summed E-state index contributed by atoms with van der Waals surface area (Å²) in [5.74, 6) is -0.784. The molecule has 0 aliphatic heterocycles. The SMILES string of the molecule is Cc1cccc(C(=O)NCCN(C(C)C)C(C)C)c1F. The Hall–Kier alpha value is -1.42. The van der Waals surface area contributed by atoms with Gasteiger partial charge in [-0.05, 0) is 46.2 Å². The molecule has 20 heavy (non-hydrogen) atoms. The van der Waals surface area contributed by atoms with E-state index in [-0.39, 0.29) is 11.5 Å². The van der Waals surface area contributed by atoms with Crippen molar-refractivity contribution in [1.29, 1.82) is 0 Å². The number of nitrogens with zero attached hydrogens (tertiary/aromatic N) is 1. The van der Waals surface area contributed by atoms with E-state index in [2.05, 4.69) is 37.9 Å². The third-order valence-electron chi connectivity index (χ3n) is 3.42. The molecule has 0 heterocycles. The summed E-state index contributed by atoms with van der Waals surface area (Å²) in [5.41, 5.74) is 0.606. The van der Waals surface area contributed by atoms with E-state index < -0.39 is 5.82 Å². The van der Waals surface area contributed by atoms with Crippen molar-refractivity contribution in [3.8, 4) is 0 Å². The van der Waals surface area contributed by atoms with Gasteiger partial charge in [-0.2, -0.15) is 0 Å². The molecule has 1 rings (SSSR count). The van der Waals surface area contributed by atoms with Crippen LogP contribution in [0.2, 0.25) is 0 Å². The lowest BCUT2D eigenvalue weighted by Crippen LogP contribution is -2.42. The van der Waals surface area contributed by atoms with Gasteiger partial charge in [0.25, 0.3) is 5.91 Å². The number of benzene rings is 1. The molecule has 3 nitrogen and oxygen atoms in total. The maximum atomic E-state index is 13.8. The second-order valence-corrected chi connectivity index (χ2v) is 5.62. The van der Waals surface area contributed by atoms with Gasteiger partial charge in [0, 0.05) is 25.2 Å². The topological polar surface area (TPSA) is 32.3 Å². The van der Waals surface area contributed by atoms with Crippen LogP contribution in [-0.4, -0.2) is 36.0 Å². The summed E-state index contributed by atoms with van der Waals surface area (Å²) >= 11 is 0. The molecule has 0 aliphatic rings. The van der Waals surface area contributed by atoms with Gasteiger partial charge in [0.15, 0.2) is 0 Å². The summed E-state index contributed by atoms with van der Waals surface area (Å²) in [6, 6.07) is 5.71. The minimum absolute atomic E-state index is 0.116. The Morgan fingerprint density at radius 1 is 1.25 bits per heavy atom. The van der Waals surface area contributed by atoms with E-state index in [4.69, 9.17) is 0 Å². The molecule has 0 bridgehead atoms. The molecule has 4 heteroatoms. The Bertz CT molecular complexity index is 450. The zero-order chi connectivity index (χ0) is 15.3. The van der Waals surface area contributed by atoms with E-state index in [0.29, 0.717) is 24.2 Å². The molecule has 112 valence electrons. The molecule has 1 amide bonds. The Kier molecular flexibility index (Phi) is 6.14. The van der Waals surface area contributed by atoms with Crippen LogP contribution < -0.4 is 5.32 Å². The van der Waals surface area contributed by atoms with Crippen molar-refractivity contribution in [2.45, 2.75) is 46.7 Å². The van der Waals surface area contributed by atoms with Crippen molar-refractivity contribution in [1.82, 2.24) is 10.2 Å². The Morgan fingerprint density at radius 3 is 2.40 bits per heavy atom. The van der Waals surface area contributed by atoms with Gasteiger partial charge in [-0.1, -0.05) is 12.1 Å². The van der Waals surface area contributed by atoms with E-state index in [9.17, 15) is 9.18 Å². The van der Waals surface area contributed by atoms with Crippen LogP contribution in [0.15, 0.2) is 18.2 Å². The molecule has 0 aliphatic carbocycles. The second kappa shape index (κ2) is 7.39. The van der Waals surface area contributed by atoms with E-state index in [1.165, 1.54) is 6.07 Å². The molecule has 0 saturated heterocycles. The lowest BCUT2D eigenvalue weighted by Gasteiger charge is -2.30. The van der Waals surface area contributed by atoms with Gasteiger partial charge in [-0.3, -0.25) is 9.69 Å². The number of hydrogen-bond acceptors (Lipinski definition) is 2. The molecule has 0 aromatic heterocycles. The van der Waals surface area contributed by atoms with Gasteiger partial charge in [0.05, 0.1) is 5.56 Å². The monoisotopic (exact) mass is 280 g/mol. The summed E-state index contributed by atoms with van der Waals surface area (Å²) in [6.07, 6.45) is 0. The van der Waals surface area contributed by atoms with Gasteiger partial charge in [-0.25, -0.2) is 4.39 Å². The van der Waals surface area contributed by atoms with Crippen molar-refractivity contribution < 1.29 is 9.18 Å². The Labute approximate surface area is 121 Å². The second-order valence-electron chi connectivity index (χ2n) is 5.62. The van der Waals surface area contributed by atoms with Crippen LogP contribution in [0.1, 0.15) is 43.6 Å². The van der Waals surface area contributed by atoms with Gasteiger partial charge in [0.1, 0.15) is 5.82 Å². The van der Waals surface area contributed by atoms with Gasteiger partial charge in [-0.15, -0.1) is 0 Å². The van der Waals surface area contributed by atoms with Crippen molar-refractivity contribution in [2.24, 2.45) is 0 Å². The summed E-state index contributed by atoms with van der Waals surface area (Å²) < 4.78 is 13.8. The smallest absolute Gasteiger partial charge is 0.254 e. The number of nitrogens with one attached hydrogen (secondary N) is 1. The zero-order valence-corrected chi connectivity index (χ0v) is 13.0. The first kappa shape index (κ1) is 16.6. The van der Waals surface area contributed by atoms with Crippen molar-refractivity contribution in [3.63, 3.8) is 0 Å². The quantitative estimate of drug-likeness (QED) is 0.869. The summed E-state index contributed by atoms with van der Waals surface area (Å²) in [4.78, 5) is 14.3. The summed E-state index contributed by atoms with van der Waals surface area (Å²) in [6.45, 7) is 11.4. The summed E-state index contributed by atoms with van der Waals surface area (Å²) in [5, 5.41) is 2.79. The standard InChI is InChI=1S/C16H25FN2O/c1-11(2)19(12(3)4)10-9-18-16(20)14-8-6-7-13(5)15(14)17/h6-8,11-12H,9-10H2,1-5H3,(H,18,20). The van der Waals surface area contributed by atoms with Crippen LogP contribution in [0.4, 0.5) is 4.39 Å². The van der Waals surface area contributed by atoms with Gasteiger partial charge < -0.3 is 5.32 Å². The van der Waals surface area contributed by atoms with Gasteiger partial charge >= 0.3 is 0 Å². The molecule has 0 fully saturated rings. The van der Waals surface area contributed by atoms with Crippen LogP contribution >= 0.6 is 0 Å². The number of amides is 1. The highest BCUT2D eigenvalue weighted by Gasteiger charge is 2.15. The van der Waals surface area contributed by atoms with Crippen LogP contribution in [0.5, 0.6) is 0 Å². The minimum atomic E-state index is -0.436. The average Bonchev–Trinajstić information content (AvgIpc) is 2.36. The highest BCUT2D eigenvalue weighted by molar-refractivity contribution is 5.94. The molecule has 1 aromatic carbocycles. The van der Waals surface area contributed by atoms with Crippen molar-refractivity contribution in [2.75, 3.05) is 13.1 Å². The molecule has 0 atom stereocenters. The maximum absolute atomic E-state index is 13.8. The molecule has 0 unspecified atom stereocenters. The van der Waals surface area contributed by atoms with E-state index in [1.54, 1.807) is 19.1 Å². The van der Waals surface area contributed by atoms with Crippen molar-refractivity contribution in [3.05, 3.63) is 35.1 Å². The highest BCUT2D eigenvalue weighted by atomic mass is 19.1. The summed E-state index contributed by atoms with van der Waals surface area (Å²) in [7, 11) is 0. The number of carbonyl (C=O) groups excluding carboxylic acids is 1. The lowest BCUT2D eigenvalue weighted by molar-refractivity contribution is 0.0935. The molecule has 1 N–H and O–H groups in total. The maximum Gasteiger partial charge on any atom is 0.254 e. The lowest BCUT2D eigenvalue weighted by atomic mass is 10.1. The van der Waals surface area contributed by atoms with E-state index in [1.807, 2.05) is 0 Å². The van der Waals surface area contributed by atoms with Crippen LogP contribution in [0.3, 0.4) is 0 Å². The Balaban J connectivity index is 2.58. The number of aryl methyl sites for hydroxylation is 1. The third kappa shape index (κ3) is 4.30. The first-order valence-electron chi connectivity index (χ1n) is 7.13. The number of halogens is 1. The zero-order valence-electron chi connectivity index (χ0n) is 13.0. The predicted octanol–water partition coefficient (Wildman–Crippen LogP) is 2.98. The molecule has 0 radical (unpaired) electrons. The van der Waals surface area contributed by atoms with Crippen molar-refractivity contribution >= 4 is 5.91 Å². The first-order valence-corrected chi connectivity index (χ1v) is 7.13. The Morgan fingerprint density at radius 2 is 1.85 bits per heavy atom. The molecule has 1 aromatic rings. The third-order valence-corrected chi connectivity index (χ3v) is 3.42. The normalized spacial score (nSPS) is 11.4. The fraction of sp³-hybridized carbons (Fsp3) is 0.562. The predicted molar refractivity (Wildman–Crippen MR) is 80.4 cm³/mol. The number of rotatable bonds is 6. The van der Waals surface area contributed by atoms with Gasteiger partial charge in [0.2, 0.25) is 0 Å². The number of carbonyl (C=O) groups is 1. The van der Waals surface area contributed by atoms with Crippen LogP contribution in [0, 0.1) is 12.7 Å². The average molecular weight is 280 g/mol. The largest absolute Gasteiger partial charge is 0.351 e. The number of hydrogen-bond donors (Lipinski definition) is 1. The first-order chi connectivity index (χ1) is 9.34. The van der Waals surface area contributed by atoms with E-state index in [0.717, 1.165) is 6.54 Å². The fourth-order valence-corrected chi connectivity index (χ4v) is 2.33. The molecule has 0 saturated carbocycles. The van der Waals surface area contributed by atoms with Crippen LogP contribution in [-0.2, 0) is 0 Å². The minimum Gasteiger partial charge on any atom is -0.351 e. The van der Waals surface area contributed by atoms with Crippen LogP contribution in [0.25, 0.3) is 0 Å². The molecular formula is C16H25FN2O.